The van der Waals surface area contributed by atoms with Crippen LogP contribution >= 0.6 is 0 Å². The Balaban J connectivity index is 0.700. The molecule has 76 heavy (non-hydrogen) atoms. The minimum atomic E-state index is -0.723. The van der Waals surface area contributed by atoms with Crippen LogP contribution in [-0.2, 0) is 39.3 Å². The molecule has 4 aromatic carbocycles. The van der Waals surface area contributed by atoms with Crippen LogP contribution in [0.3, 0.4) is 0 Å². The molecule has 8 aromatic heterocycles. The lowest BCUT2D eigenvalue weighted by Crippen LogP contribution is -2.28. The minimum Gasteiger partial charge on any atom is -0.288 e. The molecule has 0 saturated heterocycles. The van der Waals surface area contributed by atoms with E-state index in [9.17, 15) is 76.7 Å². The van der Waals surface area contributed by atoms with Crippen molar-refractivity contribution in [2.24, 2.45) is 0 Å². The van der Waals surface area contributed by atoms with E-state index in [4.69, 9.17) is 0 Å². The van der Waals surface area contributed by atoms with Crippen molar-refractivity contribution in [1.82, 2.24) is 37.4 Å². The fourth-order valence-electron chi connectivity index (χ4n) is 10.9. The molecule has 0 radical (unpaired) electrons. The van der Waals surface area contributed by atoms with Crippen molar-refractivity contribution in [3.63, 3.8) is 0 Å². The molecule has 24 heteroatoms. The van der Waals surface area contributed by atoms with Gasteiger partial charge in [0.25, 0.3) is 88.9 Å². The van der Waals surface area contributed by atoms with Crippen LogP contribution < -0.4 is 88.9 Å². The summed E-state index contributed by atoms with van der Waals surface area (Å²) in [6.45, 7) is -0.696. The van der Waals surface area contributed by atoms with Crippen molar-refractivity contribution >= 4 is 86.2 Å². The lowest BCUT2D eigenvalue weighted by molar-refractivity contribution is 0.533. The van der Waals surface area contributed by atoms with Crippen molar-refractivity contribution in [3.8, 4) is 0 Å². The van der Waals surface area contributed by atoms with Gasteiger partial charge in [0.2, 0.25) is 0 Å². The number of nitrogens with zero attached hydrogens (tertiary/aromatic N) is 6. The standard InChI is InChI=1S/C52H34N8O16/c61-37-21-13-25-26(14-22(21)38(62)53-37)42(66)55(41(25)65)7-1-3-9-57-45(69)29-17-33-34(18-30(29)46(57)70)50(74)59(49(33)73)11-5-6-12-60-51(75)35-19-31-32(20-36(35)52(60)76)48(72)58(47(31)71)10-4-2-8-56-43(67)27-15-23-24(16-28(27)44(56)68)40(64)54-39(23)63/h13-20H,1-12H2,(H,53,61,62)(H,54,63,64). The normalized spacial score (nSPS) is 12.4. The summed E-state index contributed by atoms with van der Waals surface area (Å²) in [6, 6.07) is 9.61. The smallest absolute Gasteiger partial charge is 0.261 e. The second-order valence-electron chi connectivity index (χ2n) is 19.0. The maximum Gasteiger partial charge on any atom is 0.261 e. The van der Waals surface area contributed by atoms with Crippen molar-refractivity contribution in [1.29, 1.82) is 0 Å². The van der Waals surface area contributed by atoms with Crippen LogP contribution in [0.25, 0.3) is 86.2 Å². The number of fused-ring (bicyclic) bond motifs is 8. The zero-order chi connectivity index (χ0) is 53.5. The Morgan fingerprint density at radius 3 is 0.447 bits per heavy atom. The van der Waals surface area contributed by atoms with Gasteiger partial charge in [0.1, 0.15) is 0 Å². The quantitative estimate of drug-likeness (QED) is 0.106. The number of hydrogen-bond donors (Lipinski definition) is 2. The number of aromatic amines is 2. The predicted molar refractivity (Wildman–Crippen MR) is 280 cm³/mol. The molecule has 12 rings (SSSR count). The molecule has 0 atom stereocenters. The maximum absolute atomic E-state index is 13.5. The van der Waals surface area contributed by atoms with Gasteiger partial charge in [-0.05, 0) is 87.1 Å². The second kappa shape index (κ2) is 16.8. The largest absolute Gasteiger partial charge is 0.288 e. The first-order valence-corrected chi connectivity index (χ1v) is 24.0. The summed E-state index contributed by atoms with van der Waals surface area (Å²) in [7, 11) is 0. The molecule has 0 saturated carbocycles. The van der Waals surface area contributed by atoms with Crippen LogP contribution in [-0.4, -0.2) is 37.4 Å². The summed E-state index contributed by atoms with van der Waals surface area (Å²) >= 11 is 0. The molecule has 12 aromatic rings. The van der Waals surface area contributed by atoms with Crippen LogP contribution in [0.15, 0.2) is 125 Å². The Hall–Kier alpha value is -10.0. The highest BCUT2D eigenvalue weighted by atomic mass is 16.2. The molecule has 8 heterocycles. The van der Waals surface area contributed by atoms with Gasteiger partial charge in [0, 0.05) is 39.3 Å². The van der Waals surface area contributed by atoms with Crippen molar-refractivity contribution in [3.05, 3.63) is 214 Å². The van der Waals surface area contributed by atoms with Gasteiger partial charge in [-0.15, -0.1) is 0 Å². The van der Waals surface area contributed by atoms with Crippen LogP contribution in [0.5, 0.6) is 0 Å². The Bertz CT molecular complexity index is 4870. The van der Waals surface area contributed by atoms with E-state index in [-0.39, 0.29) is 164 Å². The average molecular weight is 1030 g/mol. The van der Waals surface area contributed by atoms with Gasteiger partial charge in [-0.2, -0.15) is 0 Å². The molecule has 24 nitrogen and oxygen atoms in total. The third kappa shape index (κ3) is 6.68. The molecule has 0 aliphatic heterocycles. The summed E-state index contributed by atoms with van der Waals surface area (Å²) in [5.74, 6) is 0. The van der Waals surface area contributed by atoms with Gasteiger partial charge in [-0.1, -0.05) is 0 Å². The third-order valence-corrected chi connectivity index (χ3v) is 14.8. The minimum absolute atomic E-state index is 0.0112. The van der Waals surface area contributed by atoms with Gasteiger partial charge < -0.3 is 0 Å². The van der Waals surface area contributed by atoms with E-state index in [1.807, 2.05) is 0 Å². The highest BCUT2D eigenvalue weighted by Crippen LogP contribution is 2.19. The fourth-order valence-corrected chi connectivity index (χ4v) is 10.9. The van der Waals surface area contributed by atoms with Crippen LogP contribution in [0, 0.1) is 0 Å². The highest BCUT2D eigenvalue weighted by molar-refractivity contribution is 6.00. The molecule has 2 N–H and O–H groups in total. The Labute approximate surface area is 414 Å². The lowest BCUT2D eigenvalue weighted by Gasteiger charge is -2.02. The topological polar surface area (TPSA) is 334 Å². The van der Waals surface area contributed by atoms with Crippen LogP contribution in [0.2, 0.25) is 0 Å². The van der Waals surface area contributed by atoms with E-state index in [2.05, 4.69) is 9.97 Å². The summed E-state index contributed by atoms with van der Waals surface area (Å²) in [4.78, 5) is 213. The summed E-state index contributed by atoms with van der Waals surface area (Å²) in [5.41, 5.74) is -11.1. The third-order valence-electron chi connectivity index (χ3n) is 14.8. The van der Waals surface area contributed by atoms with E-state index in [1.54, 1.807) is 0 Å². The molecule has 0 aliphatic rings. The first-order valence-electron chi connectivity index (χ1n) is 24.0. The van der Waals surface area contributed by atoms with E-state index >= 15 is 0 Å². The summed E-state index contributed by atoms with van der Waals surface area (Å²) in [6.07, 6.45) is 0.933. The lowest BCUT2D eigenvalue weighted by atomic mass is 10.1. The second-order valence-corrected chi connectivity index (χ2v) is 19.0. The number of benzene rings is 4. The number of H-pyrrole nitrogens is 2. The van der Waals surface area contributed by atoms with Gasteiger partial charge >= 0.3 is 0 Å². The van der Waals surface area contributed by atoms with Gasteiger partial charge in [0.15, 0.2) is 0 Å². The molecule has 0 spiro atoms. The van der Waals surface area contributed by atoms with Gasteiger partial charge in [0.05, 0.1) is 86.2 Å². The Morgan fingerprint density at radius 2 is 0.316 bits per heavy atom. The molecule has 0 bridgehead atoms. The van der Waals surface area contributed by atoms with Crippen molar-refractivity contribution < 1.29 is 0 Å². The fraction of sp³-hybridized carbons (Fsp3) is 0.231. The van der Waals surface area contributed by atoms with Gasteiger partial charge in [-0.3, -0.25) is 114 Å². The van der Waals surface area contributed by atoms with Crippen LogP contribution in [0.1, 0.15) is 38.5 Å². The molecular weight excluding hydrogens is 993 g/mol. The van der Waals surface area contributed by atoms with Crippen molar-refractivity contribution in [2.45, 2.75) is 77.8 Å². The molecule has 378 valence electrons. The predicted octanol–water partition coefficient (Wildman–Crippen LogP) is -1.92. The number of hydrogen-bond acceptors (Lipinski definition) is 16. The van der Waals surface area contributed by atoms with E-state index in [0.717, 1.165) is 27.4 Å². The average Bonchev–Trinajstić information content (AvgIpc) is 4.30. The molecule has 0 fully saturated rings. The maximum atomic E-state index is 13.5. The van der Waals surface area contributed by atoms with E-state index in [1.165, 1.54) is 48.5 Å². The van der Waals surface area contributed by atoms with E-state index in [0.29, 0.717) is 0 Å². The SMILES string of the molecule is O=c1[nH]c(=O)c2cc3c(=O)n(CCCCn4c(=O)c5cc6c(=O)n(CCCCn7c(=O)c8cc9c(=O)n(CCCCn%10c(=O)c%11cc%12c(=O)[nH]c(=O)c%12cc%11c%10=O)c(=O)c9cc8c7=O)c(=O)c6cc5c4=O)c(=O)c3cc12. The van der Waals surface area contributed by atoms with Crippen LogP contribution in [0.4, 0.5) is 0 Å². The Morgan fingerprint density at radius 1 is 0.197 bits per heavy atom. The Kier molecular flexibility index (Phi) is 10.4. The monoisotopic (exact) mass is 1030 g/mol. The highest BCUT2D eigenvalue weighted by Gasteiger charge is 2.24. The first-order chi connectivity index (χ1) is 36.4. The zero-order valence-corrected chi connectivity index (χ0v) is 39.3. The number of nitrogens with one attached hydrogen (secondary N) is 2. The molecular formula is C52H34N8O16. The van der Waals surface area contributed by atoms with Gasteiger partial charge in [-0.25, -0.2) is 0 Å². The molecule has 0 unspecified atom stereocenters. The molecule has 0 aliphatic carbocycles. The molecule has 0 amide bonds. The first kappa shape index (κ1) is 47.0. The number of aromatic nitrogens is 8. The summed E-state index contributed by atoms with van der Waals surface area (Å²) < 4.78 is 5.67. The zero-order valence-electron chi connectivity index (χ0n) is 39.3. The summed E-state index contributed by atoms with van der Waals surface area (Å²) in [5, 5.41) is -0.871. The number of unbranched alkanes of at least 4 members (excludes halogenated alkanes) is 3. The van der Waals surface area contributed by atoms with Crippen molar-refractivity contribution in [2.75, 3.05) is 0 Å². The van der Waals surface area contributed by atoms with E-state index < -0.39 is 88.9 Å². The number of rotatable bonds is 15.